The molecular formula is C21H28N4O3. The van der Waals surface area contributed by atoms with Crippen LogP contribution in [0, 0.1) is 5.92 Å². The summed E-state index contributed by atoms with van der Waals surface area (Å²) in [6, 6.07) is 11.2. The number of carbonyl (C=O) groups excluding carboxylic acids is 2. The Balaban J connectivity index is 1.70. The summed E-state index contributed by atoms with van der Waals surface area (Å²) in [4.78, 5) is 27.0. The van der Waals surface area contributed by atoms with Gasteiger partial charge in [-0.2, -0.15) is 5.10 Å². The van der Waals surface area contributed by atoms with E-state index in [9.17, 15) is 14.7 Å². The summed E-state index contributed by atoms with van der Waals surface area (Å²) in [6.07, 6.45) is 5.19. The predicted molar refractivity (Wildman–Crippen MR) is 107 cm³/mol. The molecule has 7 heteroatoms. The maximum Gasteiger partial charge on any atom is 0.274 e. The molecular weight excluding hydrogens is 356 g/mol. The van der Waals surface area contributed by atoms with Crippen molar-refractivity contribution >= 4 is 17.6 Å². The van der Waals surface area contributed by atoms with E-state index in [1.165, 1.54) is 11.1 Å². The lowest BCUT2D eigenvalue weighted by Gasteiger charge is -2.21. The van der Waals surface area contributed by atoms with Gasteiger partial charge in [0.1, 0.15) is 5.82 Å². The molecule has 3 rings (SSSR count). The highest BCUT2D eigenvalue weighted by atomic mass is 16.3. The Bertz CT molecular complexity index is 797. The highest BCUT2D eigenvalue weighted by Crippen LogP contribution is 2.25. The van der Waals surface area contributed by atoms with Crippen molar-refractivity contribution in [2.24, 2.45) is 13.0 Å². The largest absolute Gasteiger partial charge is 0.395 e. The van der Waals surface area contributed by atoms with Crippen molar-refractivity contribution in [1.82, 2.24) is 14.7 Å². The van der Waals surface area contributed by atoms with E-state index >= 15 is 0 Å². The highest BCUT2D eigenvalue weighted by Gasteiger charge is 2.24. The molecule has 7 nitrogen and oxygen atoms in total. The molecule has 2 amide bonds. The minimum atomic E-state index is -0.272. The van der Waals surface area contributed by atoms with E-state index in [2.05, 4.69) is 10.4 Å². The standard InChI is InChI=1S/C21H28N4O3/c1-24-19(22-20(27)17-10-6-3-7-11-17)14-18(23-24)21(28)25(12-13-26)15-16-8-4-2-5-9-16/h2,4-5,8-9,14,17,26H,3,6-7,10-13,15H2,1H3,(H,22,27). The second-order valence-corrected chi connectivity index (χ2v) is 7.30. The topological polar surface area (TPSA) is 87.5 Å². The zero-order valence-corrected chi connectivity index (χ0v) is 16.3. The second kappa shape index (κ2) is 9.50. The Morgan fingerprint density at radius 3 is 2.61 bits per heavy atom. The van der Waals surface area contributed by atoms with Crippen molar-refractivity contribution in [2.75, 3.05) is 18.5 Å². The number of aliphatic hydroxyl groups is 1. The van der Waals surface area contributed by atoms with E-state index < -0.39 is 0 Å². The fourth-order valence-electron chi connectivity index (χ4n) is 3.62. The van der Waals surface area contributed by atoms with Crippen LogP contribution in [0.15, 0.2) is 36.4 Å². The van der Waals surface area contributed by atoms with Gasteiger partial charge in [-0.15, -0.1) is 0 Å². The zero-order chi connectivity index (χ0) is 19.9. The molecule has 28 heavy (non-hydrogen) atoms. The van der Waals surface area contributed by atoms with E-state index in [1.54, 1.807) is 18.0 Å². The molecule has 1 aliphatic carbocycles. The van der Waals surface area contributed by atoms with E-state index in [1.807, 2.05) is 30.3 Å². The number of benzene rings is 1. The third kappa shape index (κ3) is 4.98. The van der Waals surface area contributed by atoms with Gasteiger partial charge in [0, 0.05) is 32.1 Å². The van der Waals surface area contributed by atoms with Crippen molar-refractivity contribution in [3.63, 3.8) is 0 Å². The number of nitrogens with zero attached hydrogens (tertiary/aromatic N) is 3. The van der Waals surface area contributed by atoms with Gasteiger partial charge in [0.15, 0.2) is 5.69 Å². The van der Waals surface area contributed by atoms with Crippen molar-refractivity contribution in [2.45, 2.75) is 38.6 Å². The summed E-state index contributed by atoms with van der Waals surface area (Å²) < 4.78 is 1.52. The van der Waals surface area contributed by atoms with Crippen LogP contribution in [-0.2, 0) is 18.4 Å². The van der Waals surface area contributed by atoms with Gasteiger partial charge in [-0.25, -0.2) is 0 Å². The molecule has 1 aromatic carbocycles. The Labute approximate surface area is 165 Å². The highest BCUT2D eigenvalue weighted by molar-refractivity contribution is 5.96. The number of anilines is 1. The van der Waals surface area contributed by atoms with Crippen molar-refractivity contribution < 1.29 is 14.7 Å². The van der Waals surface area contributed by atoms with E-state index in [4.69, 9.17) is 0 Å². The first kappa shape index (κ1) is 20.1. The van der Waals surface area contributed by atoms with Crippen LogP contribution in [0.4, 0.5) is 5.82 Å². The Morgan fingerprint density at radius 1 is 1.21 bits per heavy atom. The molecule has 0 spiro atoms. The second-order valence-electron chi connectivity index (χ2n) is 7.30. The first-order valence-corrected chi connectivity index (χ1v) is 9.87. The minimum Gasteiger partial charge on any atom is -0.395 e. The smallest absolute Gasteiger partial charge is 0.274 e. The van der Waals surface area contributed by atoms with E-state index in [0.29, 0.717) is 12.4 Å². The van der Waals surface area contributed by atoms with Gasteiger partial charge >= 0.3 is 0 Å². The number of amides is 2. The number of aromatic nitrogens is 2. The molecule has 2 N–H and O–H groups in total. The fourth-order valence-corrected chi connectivity index (χ4v) is 3.62. The lowest BCUT2D eigenvalue weighted by molar-refractivity contribution is -0.120. The lowest BCUT2D eigenvalue weighted by atomic mass is 9.89. The quantitative estimate of drug-likeness (QED) is 0.768. The molecule has 2 aromatic rings. The van der Waals surface area contributed by atoms with Crippen molar-refractivity contribution in [3.8, 4) is 0 Å². The summed E-state index contributed by atoms with van der Waals surface area (Å²) in [5.41, 5.74) is 1.23. The molecule has 0 atom stereocenters. The van der Waals surface area contributed by atoms with Gasteiger partial charge in [0.05, 0.1) is 6.61 Å². The monoisotopic (exact) mass is 384 g/mol. The number of aliphatic hydroxyl groups excluding tert-OH is 1. The van der Waals surface area contributed by atoms with Crippen molar-refractivity contribution in [1.29, 1.82) is 0 Å². The summed E-state index contributed by atoms with van der Waals surface area (Å²) >= 11 is 0. The van der Waals surface area contributed by atoms with E-state index in [-0.39, 0.29) is 36.6 Å². The number of nitrogens with one attached hydrogen (secondary N) is 1. The van der Waals surface area contributed by atoms with Gasteiger partial charge in [0.25, 0.3) is 5.91 Å². The zero-order valence-electron chi connectivity index (χ0n) is 16.3. The normalized spacial score (nSPS) is 14.6. The first-order chi connectivity index (χ1) is 13.6. The Hall–Kier alpha value is -2.67. The molecule has 0 bridgehead atoms. The minimum absolute atomic E-state index is 0.00167. The molecule has 1 saturated carbocycles. The Kier molecular flexibility index (Phi) is 6.81. The lowest BCUT2D eigenvalue weighted by Crippen LogP contribution is -2.33. The summed E-state index contributed by atoms with van der Waals surface area (Å²) in [7, 11) is 1.71. The molecule has 0 saturated heterocycles. The summed E-state index contributed by atoms with van der Waals surface area (Å²) in [6.45, 7) is 0.478. The maximum atomic E-state index is 12.9. The fraction of sp³-hybridized carbons (Fsp3) is 0.476. The first-order valence-electron chi connectivity index (χ1n) is 9.87. The molecule has 1 fully saturated rings. The SMILES string of the molecule is Cn1nc(C(=O)N(CCO)Cc2ccccc2)cc1NC(=O)C1CCCCC1. The molecule has 1 heterocycles. The van der Waals surface area contributed by atoms with Crippen LogP contribution in [0.3, 0.4) is 0 Å². The van der Waals surface area contributed by atoms with Crippen LogP contribution in [0.2, 0.25) is 0 Å². The van der Waals surface area contributed by atoms with Gasteiger partial charge < -0.3 is 15.3 Å². The summed E-state index contributed by atoms with van der Waals surface area (Å²) in [5.74, 6) is 0.277. The Morgan fingerprint density at radius 2 is 1.93 bits per heavy atom. The number of rotatable bonds is 7. The average molecular weight is 384 g/mol. The van der Waals surface area contributed by atoms with Crippen LogP contribution in [0.1, 0.15) is 48.2 Å². The number of hydrogen-bond donors (Lipinski definition) is 2. The van der Waals surface area contributed by atoms with Gasteiger partial charge in [-0.3, -0.25) is 14.3 Å². The number of aryl methyl sites for hydroxylation is 1. The van der Waals surface area contributed by atoms with Crippen LogP contribution in [0.25, 0.3) is 0 Å². The third-order valence-corrected chi connectivity index (χ3v) is 5.20. The molecule has 150 valence electrons. The molecule has 0 unspecified atom stereocenters. The predicted octanol–water partition coefficient (Wildman–Crippen LogP) is 2.57. The van der Waals surface area contributed by atoms with Crippen LogP contribution in [0.5, 0.6) is 0 Å². The molecule has 1 aliphatic rings. The van der Waals surface area contributed by atoms with Gasteiger partial charge in [-0.1, -0.05) is 49.6 Å². The van der Waals surface area contributed by atoms with E-state index in [0.717, 1.165) is 31.2 Å². The van der Waals surface area contributed by atoms with Gasteiger partial charge in [0.2, 0.25) is 5.91 Å². The van der Waals surface area contributed by atoms with Crippen LogP contribution < -0.4 is 5.32 Å². The molecule has 0 aliphatic heterocycles. The maximum absolute atomic E-state index is 12.9. The van der Waals surface area contributed by atoms with Gasteiger partial charge in [-0.05, 0) is 18.4 Å². The van der Waals surface area contributed by atoms with Crippen molar-refractivity contribution in [3.05, 3.63) is 47.7 Å². The average Bonchev–Trinajstić information content (AvgIpc) is 3.09. The summed E-state index contributed by atoms with van der Waals surface area (Å²) in [5, 5.41) is 16.6. The number of hydrogen-bond acceptors (Lipinski definition) is 4. The molecule has 0 radical (unpaired) electrons. The molecule has 1 aromatic heterocycles. The van der Waals surface area contributed by atoms with Crippen LogP contribution >= 0.6 is 0 Å². The van der Waals surface area contributed by atoms with Crippen LogP contribution in [-0.4, -0.2) is 44.8 Å². The third-order valence-electron chi connectivity index (χ3n) is 5.20. The number of carbonyl (C=O) groups is 2.